The van der Waals surface area contributed by atoms with Crippen molar-refractivity contribution < 1.29 is 46.1 Å². The molecule has 0 N–H and O–H groups in total. The van der Waals surface area contributed by atoms with Gasteiger partial charge in [-0.15, -0.1) is 0 Å². The summed E-state index contributed by atoms with van der Waals surface area (Å²) in [5.41, 5.74) is 17.2. The van der Waals surface area contributed by atoms with E-state index < -0.39 is 21.3 Å². The van der Waals surface area contributed by atoms with Crippen molar-refractivity contribution in [1.29, 1.82) is 0 Å². The van der Waals surface area contributed by atoms with Crippen LogP contribution in [0.1, 0.15) is 96.0 Å². The van der Waals surface area contributed by atoms with Gasteiger partial charge < -0.3 is 24.8 Å². The van der Waals surface area contributed by atoms with Crippen LogP contribution in [0.25, 0.3) is 34.4 Å². The van der Waals surface area contributed by atoms with E-state index in [0.717, 1.165) is 0 Å². The van der Waals surface area contributed by atoms with E-state index in [-0.39, 0.29) is 35.6 Å². The predicted molar refractivity (Wildman–Crippen MR) is 181 cm³/mol. The van der Waals surface area contributed by atoms with Crippen LogP contribution in [-0.4, -0.2) is 4.21 Å². The van der Waals surface area contributed by atoms with Crippen LogP contribution in [0.2, 0.25) is 0 Å². The zero-order chi connectivity index (χ0) is 30.0. The van der Waals surface area contributed by atoms with Crippen LogP contribution in [0.5, 0.6) is 0 Å². The molecule has 2 unspecified atom stereocenters. The number of halogens is 2. The Kier molecular flexibility index (Phi) is 10.1. The van der Waals surface area contributed by atoms with Crippen molar-refractivity contribution >= 4 is 16.4 Å². The van der Waals surface area contributed by atoms with E-state index in [1.807, 2.05) is 0 Å². The fourth-order valence-corrected chi connectivity index (χ4v) is 14.4. The van der Waals surface area contributed by atoms with Crippen LogP contribution < -0.4 is 24.8 Å². The van der Waals surface area contributed by atoms with Crippen molar-refractivity contribution in [2.45, 2.75) is 73.5 Å². The number of fused-ring (bicyclic) bond motifs is 2. The van der Waals surface area contributed by atoms with Crippen molar-refractivity contribution in [1.82, 2.24) is 0 Å². The monoisotopic (exact) mass is 696 g/mol. The van der Waals surface area contributed by atoms with Crippen LogP contribution in [0.3, 0.4) is 0 Å². The molecule has 0 aromatic heterocycles. The van der Waals surface area contributed by atoms with Crippen LogP contribution in [0.4, 0.5) is 0 Å². The summed E-state index contributed by atoms with van der Waals surface area (Å²) >= 11 is -2.31. The molecule has 44 heavy (non-hydrogen) atoms. The Bertz CT molecular complexity index is 1630. The number of hydrogen-bond acceptors (Lipinski definition) is 0. The van der Waals surface area contributed by atoms with E-state index in [0.29, 0.717) is 7.25 Å². The van der Waals surface area contributed by atoms with E-state index in [1.54, 1.807) is 0 Å². The Morgan fingerprint density at radius 2 is 0.864 bits per heavy atom. The first-order valence-electron chi connectivity index (χ1n) is 15.4. The molecule has 226 valence electrons. The second-order valence-corrected chi connectivity index (χ2v) is 20.2. The third-order valence-corrected chi connectivity index (χ3v) is 16.8. The van der Waals surface area contributed by atoms with Gasteiger partial charge in [0, 0.05) is 0 Å². The fourth-order valence-electron chi connectivity index (χ4n) is 7.06. The molecule has 0 heterocycles. The van der Waals surface area contributed by atoms with Gasteiger partial charge in [-0.2, -0.15) is 0 Å². The Morgan fingerprint density at radius 1 is 0.523 bits per heavy atom. The maximum atomic E-state index is 5.10. The molecule has 3 heteroatoms. The average molecular weight is 699 g/mol. The minimum atomic E-state index is -2.31. The quantitative estimate of drug-likeness (QED) is 0.272. The molecule has 0 nitrogen and oxygen atoms in total. The Hall–Kier alpha value is -2.31. The van der Waals surface area contributed by atoms with E-state index >= 15 is 0 Å². The molecule has 0 saturated heterocycles. The van der Waals surface area contributed by atoms with Crippen molar-refractivity contribution in [2.24, 2.45) is 0 Å². The van der Waals surface area contributed by atoms with Gasteiger partial charge in [0.2, 0.25) is 0 Å². The summed E-state index contributed by atoms with van der Waals surface area (Å²) in [4.78, 5) is 0. The molecular weight excluding hydrogens is 655 g/mol. The molecule has 0 bridgehead atoms. The summed E-state index contributed by atoms with van der Waals surface area (Å²) in [7, 11) is 0. The standard InChI is InChI=1S/2C20H21.CH2.2ClH.Zr/c2*1-14-12-16-6-5-7-18(19(16)13-14)15-8-10-17(11-9-15)20(2,3)4;;;;/h2*5-13H,1-4H3;1H2;2*1H;/q;;;;;+2/p-2. The number of allylic oxidation sites excluding steroid dienone is 2. The summed E-state index contributed by atoms with van der Waals surface area (Å²) in [5, 5.41) is 0. The smallest absolute Gasteiger partial charge is 1.00 e. The summed E-state index contributed by atoms with van der Waals surface area (Å²) in [6.45, 7) is 18.4. The van der Waals surface area contributed by atoms with E-state index in [1.165, 1.54) is 66.8 Å². The summed E-state index contributed by atoms with van der Waals surface area (Å²) in [6.07, 6.45) is 4.95. The van der Waals surface area contributed by atoms with Crippen molar-refractivity contribution in [3.05, 3.63) is 129 Å². The maximum absolute atomic E-state index is 5.10. The summed E-state index contributed by atoms with van der Waals surface area (Å²) < 4.78 is 6.08. The third-order valence-electron chi connectivity index (χ3n) is 9.42. The van der Waals surface area contributed by atoms with Gasteiger partial charge >= 0.3 is 263 Å². The number of rotatable bonds is 4. The normalized spacial score (nSPS) is 16.9. The van der Waals surface area contributed by atoms with Gasteiger partial charge in [0.05, 0.1) is 0 Å². The molecule has 4 aromatic rings. The molecule has 0 spiro atoms. The van der Waals surface area contributed by atoms with Crippen LogP contribution >= 0.6 is 0 Å². The van der Waals surface area contributed by atoms with Crippen LogP contribution in [0.15, 0.2) is 96.1 Å². The second kappa shape index (κ2) is 12.8. The largest absolute Gasteiger partial charge is 1.00 e. The maximum Gasteiger partial charge on any atom is -1.00 e. The van der Waals surface area contributed by atoms with Gasteiger partial charge in [-0.3, -0.25) is 0 Å². The number of benzene rings is 4. The van der Waals surface area contributed by atoms with Crippen molar-refractivity contribution in [3.63, 3.8) is 0 Å². The number of hydrogen-bond donors (Lipinski definition) is 0. The van der Waals surface area contributed by atoms with E-state index in [2.05, 4.69) is 152 Å². The minimum absolute atomic E-state index is 0. The molecule has 0 amide bonds. The van der Waals surface area contributed by atoms with Gasteiger partial charge in [0.25, 0.3) is 0 Å². The van der Waals surface area contributed by atoms with Gasteiger partial charge in [0.15, 0.2) is 0 Å². The SMILES string of the molecule is [CH2]=[Zr+2]([CH]1C(C)=Cc2c(-c3ccc(C(C)(C)C)cc3)cccc21)[CH]1C(C)=Cc2c(-c3ccc(C(C)(C)C)cc3)cccc21.[Cl-].[Cl-]. The first kappa shape index (κ1) is 34.6. The van der Waals surface area contributed by atoms with E-state index in [4.69, 9.17) is 4.21 Å². The van der Waals surface area contributed by atoms with Gasteiger partial charge in [0.1, 0.15) is 0 Å². The fraction of sp³-hybridized carbons (Fsp3) is 0.293. The van der Waals surface area contributed by atoms with Gasteiger partial charge in [-0.25, -0.2) is 0 Å². The Labute approximate surface area is 285 Å². The molecule has 2 aliphatic rings. The second-order valence-electron chi connectivity index (χ2n) is 14.5. The van der Waals surface area contributed by atoms with Crippen LogP contribution in [-0.2, 0) is 32.1 Å². The van der Waals surface area contributed by atoms with Gasteiger partial charge in [-0.1, -0.05) is 0 Å². The molecule has 2 aliphatic carbocycles. The molecular formula is C41H44Cl2Zr. The topological polar surface area (TPSA) is 0 Å². The molecule has 4 aromatic carbocycles. The summed E-state index contributed by atoms with van der Waals surface area (Å²) in [6, 6.07) is 32.4. The summed E-state index contributed by atoms with van der Waals surface area (Å²) in [5.74, 6) is 0. The molecule has 0 fully saturated rings. The van der Waals surface area contributed by atoms with E-state index in [9.17, 15) is 0 Å². The molecule has 6 rings (SSSR count). The minimum Gasteiger partial charge on any atom is -1.00 e. The van der Waals surface area contributed by atoms with Gasteiger partial charge in [-0.05, 0) is 0 Å². The first-order valence-corrected chi connectivity index (χ1v) is 19.9. The van der Waals surface area contributed by atoms with Crippen molar-refractivity contribution in [3.8, 4) is 22.3 Å². The zero-order valence-corrected chi connectivity index (χ0v) is 31.3. The first-order chi connectivity index (χ1) is 19.8. The molecule has 2 atom stereocenters. The Morgan fingerprint density at radius 3 is 1.18 bits per heavy atom. The molecule has 0 saturated carbocycles. The Balaban J connectivity index is 0.00000221. The third kappa shape index (κ3) is 6.23. The molecule has 0 radical (unpaired) electrons. The average Bonchev–Trinajstić information content (AvgIpc) is 3.47. The predicted octanol–water partition coefficient (Wildman–Crippen LogP) is 5.29. The van der Waals surface area contributed by atoms with Crippen LogP contribution in [0, 0.1) is 0 Å². The van der Waals surface area contributed by atoms with Crippen molar-refractivity contribution in [2.75, 3.05) is 0 Å². The molecule has 0 aliphatic heterocycles. The zero-order valence-electron chi connectivity index (χ0n) is 27.4.